The van der Waals surface area contributed by atoms with Crippen molar-refractivity contribution in [3.63, 3.8) is 0 Å². The molecule has 1 heterocycles. The standard InChI is InChI=1S/C18H22N2O2S/c1-14(16-7-4-3-5-8-16)22-12-6-11-19-18(21)10-9-17-13-23-15(2)20-17/h3-5,7-10,13-14H,6,11-12H2,1-2H3,(H,19,21)/b10-9+. The Labute approximate surface area is 141 Å². The molecule has 0 aliphatic rings. The lowest BCUT2D eigenvalue weighted by Gasteiger charge is -2.13. The average molecular weight is 330 g/mol. The molecule has 5 heteroatoms. The highest BCUT2D eigenvalue weighted by molar-refractivity contribution is 7.09. The minimum absolute atomic E-state index is 0.0692. The molecule has 4 nitrogen and oxygen atoms in total. The van der Waals surface area contributed by atoms with Gasteiger partial charge in [-0.05, 0) is 31.9 Å². The van der Waals surface area contributed by atoms with E-state index >= 15 is 0 Å². The maximum Gasteiger partial charge on any atom is 0.244 e. The Morgan fingerprint density at radius 3 is 2.87 bits per heavy atom. The van der Waals surface area contributed by atoms with Crippen molar-refractivity contribution in [3.05, 3.63) is 58.1 Å². The van der Waals surface area contributed by atoms with E-state index < -0.39 is 0 Å². The Morgan fingerprint density at radius 1 is 1.39 bits per heavy atom. The number of carbonyl (C=O) groups is 1. The van der Waals surface area contributed by atoms with Gasteiger partial charge in [0.1, 0.15) is 0 Å². The van der Waals surface area contributed by atoms with Crippen LogP contribution in [0.4, 0.5) is 0 Å². The number of benzene rings is 1. The molecule has 2 rings (SSSR count). The van der Waals surface area contributed by atoms with Crippen LogP contribution in [0.15, 0.2) is 41.8 Å². The topological polar surface area (TPSA) is 51.2 Å². The molecular formula is C18H22N2O2S. The zero-order valence-corrected chi connectivity index (χ0v) is 14.3. The third-order valence-corrected chi connectivity index (χ3v) is 4.09. The van der Waals surface area contributed by atoms with Gasteiger partial charge in [-0.15, -0.1) is 11.3 Å². The Morgan fingerprint density at radius 2 is 2.17 bits per heavy atom. The van der Waals surface area contributed by atoms with Crippen LogP contribution in [-0.2, 0) is 9.53 Å². The van der Waals surface area contributed by atoms with Gasteiger partial charge in [0.05, 0.1) is 16.8 Å². The fourth-order valence-electron chi connectivity index (χ4n) is 2.04. The van der Waals surface area contributed by atoms with Crippen molar-refractivity contribution in [3.8, 4) is 0 Å². The predicted octanol–water partition coefficient (Wildman–Crippen LogP) is 3.75. The van der Waals surface area contributed by atoms with E-state index in [-0.39, 0.29) is 12.0 Å². The van der Waals surface area contributed by atoms with E-state index in [4.69, 9.17) is 4.74 Å². The Balaban J connectivity index is 1.60. The number of ether oxygens (including phenoxy) is 1. The van der Waals surface area contributed by atoms with Crippen LogP contribution in [0.25, 0.3) is 6.08 Å². The largest absolute Gasteiger partial charge is 0.374 e. The lowest BCUT2D eigenvalue weighted by atomic mass is 10.1. The van der Waals surface area contributed by atoms with Crippen molar-refractivity contribution in [1.29, 1.82) is 0 Å². The summed E-state index contributed by atoms with van der Waals surface area (Å²) < 4.78 is 5.76. The number of hydrogen-bond donors (Lipinski definition) is 1. The first-order valence-electron chi connectivity index (χ1n) is 7.70. The van der Waals surface area contributed by atoms with E-state index in [0.717, 1.165) is 22.7 Å². The molecule has 1 unspecified atom stereocenters. The zero-order chi connectivity index (χ0) is 16.5. The van der Waals surface area contributed by atoms with Gasteiger partial charge in [-0.2, -0.15) is 0 Å². The van der Waals surface area contributed by atoms with E-state index in [2.05, 4.69) is 22.4 Å². The van der Waals surface area contributed by atoms with Gasteiger partial charge in [0.25, 0.3) is 0 Å². The molecule has 0 bridgehead atoms. The monoisotopic (exact) mass is 330 g/mol. The number of aromatic nitrogens is 1. The minimum atomic E-state index is -0.105. The summed E-state index contributed by atoms with van der Waals surface area (Å²) >= 11 is 1.57. The molecule has 1 aromatic carbocycles. The SMILES string of the molecule is Cc1nc(/C=C/C(=O)NCCCOC(C)c2ccccc2)cs1. The first-order chi connectivity index (χ1) is 11.1. The fourth-order valence-corrected chi connectivity index (χ4v) is 2.62. The third kappa shape index (κ3) is 6.34. The van der Waals surface area contributed by atoms with Crippen LogP contribution < -0.4 is 5.32 Å². The van der Waals surface area contributed by atoms with Gasteiger partial charge in [-0.3, -0.25) is 4.79 Å². The lowest BCUT2D eigenvalue weighted by molar-refractivity contribution is -0.116. The molecule has 1 N–H and O–H groups in total. The van der Waals surface area contributed by atoms with Crippen LogP contribution in [0, 0.1) is 6.92 Å². The van der Waals surface area contributed by atoms with Gasteiger partial charge in [-0.25, -0.2) is 4.98 Å². The Kier molecular flexibility index (Phi) is 6.97. The van der Waals surface area contributed by atoms with Crippen molar-refractivity contribution in [2.75, 3.05) is 13.2 Å². The molecule has 0 radical (unpaired) electrons. The number of hydrogen-bond acceptors (Lipinski definition) is 4. The van der Waals surface area contributed by atoms with Crippen molar-refractivity contribution in [2.24, 2.45) is 0 Å². The highest BCUT2D eigenvalue weighted by atomic mass is 32.1. The summed E-state index contributed by atoms with van der Waals surface area (Å²) in [7, 11) is 0. The van der Waals surface area contributed by atoms with Gasteiger partial charge >= 0.3 is 0 Å². The van der Waals surface area contributed by atoms with E-state index in [1.807, 2.05) is 37.4 Å². The van der Waals surface area contributed by atoms with Crippen LogP contribution in [-0.4, -0.2) is 24.0 Å². The maximum atomic E-state index is 11.7. The summed E-state index contributed by atoms with van der Waals surface area (Å²) in [5.41, 5.74) is 1.99. The second-order valence-corrected chi connectivity index (χ2v) is 6.26. The second-order valence-electron chi connectivity index (χ2n) is 5.19. The van der Waals surface area contributed by atoms with E-state index in [9.17, 15) is 4.79 Å². The summed E-state index contributed by atoms with van der Waals surface area (Å²) in [5.74, 6) is -0.105. The molecule has 0 saturated heterocycles. The Bertz CT molecular complexity index is 637. The molecule has 2 aromatic rings. The van der Waals surface area contributed by atoms with Crippen LogP contribution in [0.2, 0.25) is 0 Å². The molecule has 1 aromatic heterocycles. The van der Waals surface area contributed by atoms with E-state index in [1.54, 1.807) is 17.4 Å². The zero-order valence-electron chi connectivity index (χ0n) is 13.5. The Hall–Kier alpha value is -1.98. The number of aryl methyl sites for hydroxylation is 1. The summed E-state index contributed by atoms with van der Waals surface area (Å²) in [6, 6.07) is 10.1. The van der Waals surface area contributed by atoms with E-state index in [0.29, 0.717) is 13.2 Å². The number of nitrogens with zero attached hydrogens (tertiary/aromatic N) is 1. The van der Waals surface area contributed by atoms with Crippen LogP contribution >= 0.6 is 11.3 Å². The van der Waals surface area contributed by atoms with Crippen LogP contribution in [0.1, 0.15) is 35.7 Å². The molecule has 0 aliphatic heterocycles. The number of thiazole rings is 1. The van der Waals surface area contributed by atoms with Gasteiger partial charge in [0, 0.05) is 24.6 Å². The lowest BCUT2D eigenvalue weighted by Crippen LogP contribution is -2.23. The number of nitrogens with one attached hydrogen (secondary N) is 1. The first-order valence-corrected chi connectivity index (χ1v) is 8.57. The van der Waals surface area contributed by atoms with Gasteiger partial charge in [0.15, 0.2) is 0 Å². The summed E-state index contributed by atoms with van der Waals surface area (Å²) in [6.07, 6.45) is 4.10. The number of carbonyl (C=O) groups excluding carboxylic acids is 1. The quantitative estimate of drug-likeness (QED) is 0.592. The summed E-state index contributed by atoms with van der Waals surface area (Å²) in [5, 5.41) is 5.77. The van der Waals surface area contributed by atoms with E-state index in [1.165, 1.54) is 6.08 Å². The third-order valence-electron chi connectivity index (χ3n) is 3.30. The molecule has 1 atom stereocenters. The molecule has 122 valence electrons. The number of rotatable bonds is 8. The molecule has 0 fully saturated rings. The second kappa shape index (κ2) is 9.22. The molecule has 23 heavy (non-hydrogen) atoms. The smallest absolute Gasteiger partial charge is 0.244 e. The molecule has 0 spiro atoms. The minimum Gasteiger partial charge on any atom is -0.374 e. The first kappa shape index (κ1) is 17.4. The molecule has 1 amide bonds. The maximum absolute atomic E-state index is 11.7. The average Bonchev–Trinajstić information content (AvgIpc) is 2.98. The van der Waals surface area contributed by atoms with Gasteiger partial charge in [0.2, 0.25) is 5.91 Å². The van der Waals surface area contributed by atoms with Crippen molar-refractivity contribution in [1.82, 2.24) is 10.3 Å². The van der Waals surface area contributed by atoms with Crippen molar-refractivity contribution < 1.29 is 9.53 Å². The molecular weight excluding hydrogens is 308 g/mol. The highest BCUT2D eigenvalue weighted by Gasteiger charge is 2.04. The van der Waals surface area contributed by atoms with Gasteiger partial charge in [-0.1, -0.05) is 30.3 Å². The number of amides is 1. The van der Waals surface area contributed by atoms with Crippen molar-refractivity contribution >= 4 is 23.3 Å². The molecule has 0 aliphatic carbocycles. The van der Waals surface area contributed by atoms with Crippen LogP contribution in [0.3, 0.4) is 0 Å². The van der Waals surface area contributed by atoms with Crippen LogP contribution in [0.5, 0.6) is 0 Å². The predicted molar refractivity (Wildman–Crippen MR) is 94.3 cm³/mol. The normalized spacial score (nSPS) is 12.4. The van der Waals surface area contributed by atoms with Crippen molar-refractivity contribution in [2.45, 2.75) is 26.4 Å². The summed E-state index contributed by atoms with van der Waals surface area (Å²) in [6.45, 7) is 5.19. The fraction of sp³-hybridized carbons (Fsp3) is 0.333. The highest BCUT2D eigenvalue weighted by Crippen LogP contribution is 2.15. The van der Waals surface area contributed by atoms with Gasteiger partial charge < -0.3 is 10.1 Å². The molecule has 0 saturated carbocycles. The summed E-state index contributed by atoms with van der Waals surface area (Å²) in [4.78, 5) is 16.0.